The topological polar surface area (TPSA) is 98.6 Å². The lowest BCUT2D eigenvalue weighted by atomic mass is 10.2. The number of carbonyl (C=O) groups excluding carboxylic acids is 1. The van der Waals surface area contributed by atoms with Crippen LogP contribution in [0.4, 0.5) is 5.13 Å². The number of benzene rings is 1. The molecule has 33 heavy (non-hydrogen) atoms. The zero-order valence-corrected chi connectivity index (χ0v) is 19.5. The molecule has 0 aliphatic carbocycles. The number of aromatic nitrogens is 3. The van der Waals surface area contributed by atoms with E-state index in [0.717, 1.165) is 18.8 Å². The number of thiazole rings is 1. The average molecular weight is 470 g/mol. The van der Waals surface area contributed by atoms with E-state index in [2.05, 4.69) is 34.1 Å². The summed E-state index contributed by atoms with van der Waals surface area (Å²) in [6.45, 7) is 7.02. The molecule has 0 bridgehead atoms. The summed E-state index contributed by atoms with van der Waals surface area (Å²) in [5.41, 5.74) is 0.739. The van der Waals surface area contributed by atoms with E-state index in [-0.39, 0.29) is 36.6 Å². The van der Waals surface area contributed by atoms with Gasteiger partial charge in [0.05, 0.1) is 24.4 Å². The number of nitrogens with zero attached hydrogens (tertiary/aromatic N) is 4. The van der Waals surface area contributed by atoms with Gasteiger partial charge in [-0.1, -0.05) is 18.2 Å². The molecular weight excluding hydrogens is 442 g/mol. The van der Waals surface area contributed by atoms with E-state index in [1.807, 2.05) is 35.7 Å². The molecule has 0 spiro atoms. The monoisotopic (exact) mass is 469 g/mol. The molecule has 174 valence electrons. The van der Waals surface area contributed by atoms with Crippen molar-refractivity contribution >= 4 is 22.4 Å². The molecule has 0 radical (unpaired) electrons. The molecule has 2 atom stereocenters. The minimum Gasteiger partial charge on any atom is -0.492 e. The molecule has 4 rings (SSSR count). The first-order valence-corrected chi connectivity index (χ1v) is 11.7. The molecular formula is C23H27N5O4S. The van der Waals surface area contributed by atoms with Crippen LogP contribution in [-0.2, 0) is 17.8 Å². The normalized spacial score (nSPS) is 18.7. The molecule has 1 aromatic carbocycles. The lowest BCUT2D eigenvalue weighted by Gasteiger charge is -2.34. The maximum Gasteiger partial charge on any atom is 0.277 e. The van der Waals surface area contributed by atoms with Gasteiger partial charge in [-0.25, -0.2) is 9.67 Å². The van der Waals surface area contributed by atoms with Gasteiger partial charge in [-0.05, 0) is 32.0 Å². The van der Waals surface area contributed by atoms with Gasteiger partial charge in [0, 0.05) is 31.1 Å². The molecule has 3 aromatic rings. The molecule has 1 fully saturated rings. The van der Waals surface area contributed by atoms with Crippen LogP contribution in [0.3, 0.4) is 0 Å². The number of amides is 1. The molecule has 1 amide bonds. The Morgan fingerprint density at radius 3 is 2.70 bits per heavy atom. The number of para-hydroxylation sites is 1. The van der Waals surface area contributed by atoms with Crippen LogP contribution < -0.4 is 15.6 Å². The summed E-state index contributed by atoms with van der Waals surface area (Å²) >= 11 is 1.36. The second-order valence-electron chi connectivity index (χ2n) is 7.99. The summed E-state index contributed by atoms with van der Waals surface area (Å²) in [7, 11) is 0. The van der Waals surface area contributed by atoms with Crippen molar-refractivity contribution in [3.8, 4) is 5.75 Å². The molecule has 1 N–H and O–H groups in total. The van der Waals surface area contributed by atoms with E-state index in [1.165, 1.54) is 28.2 Å². The minimum atomic E-state index is -0.415. The van der Waals surface area contributed by atoms with Gasteiger partial charge in [-0.3, -0.25) is 19.8 Å². The third-order valence-electron chi connectivity index (χ3n) is 5.07. The van der Waals surface area contributed by atoms with Gasteiger partial charge >= 0.3 is 0 Å². The summed E-state index contributed by atoms with van der Waals surface area (Å²) in [5.74, 6) is 0.294. The smallest absolute Gasteiger partial charge is 0.277 e. The lowest BCUT2D eigenvalue weighted by molar-refractivity contribution is -0.0707. The number of nitrogens with one attached hydrogen (secondary N) is 1. The average Bonchev–Trinajstić information content (AvgIpc) is 3.21. The molecule has 1 saturated heterocycles. The molecule has 10 heteroatoms. The molecule has 0 unspecified atom stereocenters. The molecule has 3 heterocycles. The van der Waals surface area contributed by atoms with Crippen LogP contribution in [-0.4, -0.2) is 57.5 Å². The van der Waals surface area contributed by atoms with Gasteiger partial charge < -0.3 is 9.47 Å². The SMILES string of the molecule is C[C@@H]1CN(Cc2csc(NC(=O)c3ccc(=O)n(CCOc4ccccc4)n3)n2)C[C@H](C)O1. The van der Waals surface area contributed by atoms with E-state index in [0.29, 0.717) is 17.4 Å². The second kappa shape index (κ2) is 10.7. The summed E-state index contributed by atoms with van der Waals surface area (Å²) in [5, 5.41) is 9.40. The largest absolute Gasteiger partial charge is 0.492 e. The van der Waals surface area contributed by atoms with Crippen LogP contribution in [0, 0.1) is 0 Å². The number of morpholine rings is 1. The number of rotatable bonds is 8. The number of ether oxygens (including phenoxy) is 2. The maximum atomic E-state index is 12.7. The van der Waals surface area contributed by atoms with Crippen molar-refractivity contribution in [2.45, 2.75) is 39.1 Å². The number of hydrogen-bond donors (Lipinski definition) is 1. The van der Waals surface area contributed by atoms with Crippen LogP contribution in [0.2, 0.25) is 0 Å². The Bertz CT molecular complexity index is 1120. The van der Waals surface area contributed by atoms with Crippen LogP contribution in [0.1, 0.15) is 30.0 Å². The van der Waals surface area contributed by atoms with E-state index in [1.54, 1.807) is 0 Å². The first-order valence-electron chi connectivity index (χ1n) is 10.9. The Hall–Kier alpha value is -3.08. The predicted molar refractivity (Wildman–Crippen MR) is 126 cm³/mol. The third-order valence-corrected chi connectivity index (χ3v) is 5.87. The standard InChI is InChI=1S/C23H27N5O4S/c1-16-12-27(13-17(2)32-16)14-18-15-33-23(24-18)25-22(30)20-8-9-21(29)28(26-20)10-11-31-19-6-4-3-5-7-19/h3-9,15-17H,10-14H2,1-2H3,(H,24,25,30)/t16-,17+. The van der Waals surface area contributed by atoms with Gasteiger partial charge in [-0.2, -0.15) is 5.10 Å². The molecule has 1 aliphatic rings. The van der Waals surface area contributed by atoms with Crippen LogP contribution >= 0.6 is 11.3 Å². The fourth-order valence-corrected chi connectivity index (χ4v) is 4.43. The number of hydrogen-bond acceptors (Lipinski definition) is 8. The molecule has 1 aliphatic heterocycles. The molecule has 2 aromatic heterocycles. The first-order chi connectivity index (χ1) is 16.0. The zero-order chi connectivity index (χ0) is 23.2. The fourth-order valence-electron chi connectivity index (χ4n) is 3.74. The van der Waals surface area contributed by atoms with E-state index in [4.69, 9.17) is 9.47 Å². The summed E-state index contributed by atoms with van der Waals surface area (Å²) < 4.78 is 12.6. The minimum absolute atomic E-state index is 0.141. The Morgan fingerprint density at radius 2 is 1.94 bits per heavy atom. The Labute approximate surface area is 196 Å². The fraction of sp³-hybridized carbons (Fsp3) is 0.391. The Balaban J connectivity index is 1.34. The van der Waals surface area contributed by atoms with Crippen molar-refractivity contribution in [2.75, 3.05) is 25.0 Å². The Kier molecular flexibility index (Phi) is 7.48. The van der Waals surface area contributed by atoms with Crippen LogP contribution in [0.25, 0.3) is 0 Å². The molecule has 0 saturated carbocycles. The lowest BCUT2D eigenvalue weighted by Crippen LogP contribution is -2.44. The van der Waals surface area contributed by atoms with E-state index >= 15 is 0 Å². The van der Waals surface area contributed by atoms with Crippen molar-refractivity contribution in [1.29, 1.82) is 0 Å². The number of carbonyl (C=O) groups is 1. The zero-order valence-electron chi connectivity index (χ0n) is 18.6. The summed E-state index contributed by atoms with van der Waals surface area (Å²) in [6.07, 6.45) is 0.373. The second-order valence-corrected chi connectivity index (χ2v) is 8.85. The van der Waals surface area contributed by atoms with E-state index < -0.39 is 5.91 Å². The third kappa shape index (κ3) is 6.47. The van der Waals surface area contributed by atoms with Gasteiger partial charge in [0.15, 0.2) is 5.13 Å². The maximum absolute atomic E-state index is 12.7. The summed E-state index contributed by atoms with van der Waals surface area (Å²) in [6, 6.07) is 12.1. The van der Waals surface area contributed by atoms with Crippen molar-refractivity contribution < 1.29 is 14.3 Å². The Morgan fingerprint density at radius 1 is 1.18 bits per heavy atom. The van der Waals surface area contributed by atoms with E-state index in [9.17, 15) is 9.59 Å². The predicted octanol–water partition coefficient (Wildman–Crippen LogP) is 2.64. The van der Waals surface area contributed by atoms with Gasteiger partial charge in [0.2, 0.25) is 0 Å². The highest BCUT2D eigenvalue weighted by Crippen LogP contribution is 2.19. The van der Waals surface area contributed by atoms with Gasteiger partial charge in [-0.15, -0.1) is 11.3 Å². The summed E-state index contributed by atoms with van der Waals surface area (Å²) in [4.78, 5) is 31.6. The van der Waals surface area contributed by atoms with Crippen molar-refractivity contribution in [3.05, 3.63) is 69.6 Å². The highest BCUT2D eigenvalue weighted by atomic mass is 32.1. The van der Waals surface area contributed by atoms with Crippen molar-refractivity contribution in [3.63, 3.8) is 0 Å². The van der Waals surface area contributed by atoms with Gasteiger partial charge in [0.1, 0.15) is 18.1 Å². The molecule has 9 nitrogen and oxygen atoms in total. The van der Waals surface area contributed by atoms with Crippen molar-refractivity contribution in [1.82, 2.24) is 19.7 Å². The van der Waals surface area contributed by atoms with Gasteiger partial charge in [0.25, 0.3) is 11.5 Å². The highest BCUT2D eigenvalue weighted by Gasteiger charge is 2.23. The first kappa shape index (κ1) is 23.1. The van der Waals surface area contributed by atoms with Crippen LogP contribution in [0.5, 0.6) is 5.75 Å². The highest BCUT2D eigenvalue weighted by molar-refractivity contribution is 7.13. The quantitative estimate of drug-likeness (QED) is 0.542. The number of anilines is 1. The van der Waals surface area contributed by atoms with Crippen molar-refractivity contribution in [2.24, 2.45) is 0 Å². The van der Waals surface area contributed by atoms with Crippen LogP contribution in [0.15, 0.2) is 52.6 Å².